The van der Waals surface area contributed by atoms with Crippen LogP contribution in [0.15, 0.2) is 35.7 Å². The second kappa shape index (κ2) is 5.35. The minimum atomic E-state index is -1.01. The number of nitrogens with zero attached hydrogens (tertiary/aromatic N) is 2. The van der Waals surface area contributed by atoms with E-state index >= 15 is 0 Å². The van der Waals surface area contributed by atoms with Crippen molar-refractivity contribution in [2.24, 2.45) is 0 Å². The molecule has 1 unspecified atom stereocenters. The number of thioether (sulfide) groups is 1. The average molecular weight is 360 g/mol. The summed E-state index contributed by atoms with van der Waals surface area (Å²) in [5.74, 6) is -2.67. The Morgan fingerprint density at radius 1 is 1.16 bits per heavy atom. The Bertz CT molecular complexity index is 844. The third-order valence-electron chi connectivity index (χ3n) is 4.40. The highest BCUT2D eigenvalue weighted by molar-refractivity contribution is 8.00. The van der Waals surface area contributed by atoms with Crippen LogP contribution >= 0.6 is 11.8 Å². The molecule has 3 aliphatic heterocycles. The second-order valence-electron chi connectivity index (χ2n) is 5.67. The molecule has 4 rings (SSSR count). The Balaban J connectivity index is 1.68. The Morgan fingerprint density at radius 2 is 1.76 bits per heavy atom. The molecule has 25 heavy (non-hydrogen) atoms. The number of β-lactam (4-membered cyclic amide) rings is 1. The molecule has 0 saturated carbocycles. The van der Waals surface area contributed by atoms with Crippen LogP contribution in [0.1, 0.15) is 20.7 Å². The van der Waals surface area contributed by atoms with E-state index < -0.39 is 35.1 Å². The lowest BCUT2D eigenvalue weighted by Crippen LogP contribution is -2.71. The van der Waals surface area contributed by atoms with Crippen molar-refractivity contribution in [1.82, 2.24) is 9.80 Å². The fraction of sp³-hybridized carbons (Fsp3) is 0.250. The summed E-state index contributed by atoms with van der Waals surface area (Å²) >= 11 is 1.18. The van der Waals surface area contributed by atoms with E-state index in [1.807, 2.05) is 0 Å². The highest BCUT2D eigenvalue weighted by Gasteiger charge is 2.60. The summed E-state index contributed by atoms with van der Waals surface area (Å²) in [5.41, 5.74) is 0.279. The van der Waals surface area contributed by atoms with E-state index in [1.54, 1.807) is 12.1 Å². The monoisotopic (exact) mass is 360 g/mol. The van der Waals surface area contributed by atoms with Crippen LogP contribution in [0.25, 0.3) is 0 Å². The molecule has 128 valence electrons. The van der Waals surface area contributed by atoms with Gasteiger partial charge in [0.05, 0.1) is 24.0 Å². The predicted molar refractivity (Wildman–Crippen MR) is 85.5 cm³/mol. The summed E-state index contributed by atoms with van der Waals surface area (Å²) in [4.78, 5) is 51.6. The smallest absolute Gasteiger partial charge is 0.358 e. The number of aliphatic hydroxyl groups excluding tert-OH is 1. The normalized spacial score (nSPS) is 24.9. The van der Waals surface area contributed by atoms with Gasteiger partial charge in [-0.05, 0) is 12.1 Å². The molecule has 0 bridgehead atoms. The van der Waals surface area contributed by atoms with Gasteiger partial charge in [0, 0.05) is 0 Å². The number of methoxy groups -OCH3 is 1. The predicted octanol–water partition coefficient (Wildman–Crippen LogP) is 0.509. The number of rotatable bonds is 2. The van der Waals surface area contributed by atoms with Crippen LogP contribution < -0.4 is 0 Å². The maximum atomic E-state index is 12.6. The molecule has 3 heterocycles. The highest BCUT2D eigenvalue weighted by atomic mass is 32.2. The molecule has 1 fully saturated rings. The number of imide groups is 1. The number of amides is 3. The zero-order valence-electron chi connectivity index (χ0n) is 13.0. The number of carbonyl (C=O) groups is 4. The first kappa shape index (κ1) is 15.7. The van der Waals surface area contributed by atoms with Crippen LogP contribution in [0.5, 0.6) is 0 Å². The van der Waals surface area contributed by atoms with Gasteiger partial charge in [-0.1, -0.05) is 12.1 Å². The summed E-state index contributed by atoms with van der Waals surface area (Å²) in [6.07, 6.45) is 0. The molecule has 1 saturated heterocycles. The molecular weight excluding hydrogens is 348 g/mol. The first-order valence-electron chi connectivity index (χ1n) is 7.39. The number of esters is 1. The molecule has 3 aliphatic rings. The van der Waals surface area contributed by atoms with E-state index in [9.17, 15) is 24.3 Å². The zero-order valence-corrected chi connectivity index (χ0v) is 13.8. The standard InChI is InChI=1S/C16H12N2O6S/c1-24-16(23)10-9(19)6-25-15-11(14(22)18(10)15)17-12(20)7-4-2-3-5-8(7)13(17)21/h2-5,11,15,19H,6H2,1H3/t11?,15-/m1/s1. The summed E-state index contributed by atoms with van der Waals surface area (Å²) in [7, 11) is 1.14. The lowest BCUT2D eigenvalue weighted by Gasteiger charge is -2.50. The maximum absolute atomic E-state index is 12.6. The van der Waals surface area contributed by atoms with E-state index in [1.165, 1.54) is 23.9 Å². The minimum absolute atomic E-state index is 0.0819. The first-order chi connectivity index (χ1) is 12.0. The number of fused-ring (bicyclic) bond motifs is 2. The highest BCUT2D eigenvalue weighted by Crippen LogP contribution is 2.43. The number of hydrogen-bond donors (Lipinski definition) is 1. The third kappa shape index (κ3) is 1.95. The average Bonchev–Trinajstić information content (AvgIpc) is 2.87. The maximum Gasteiger partial charge on any atom is 0.358 e. The van der Waals surface area contributed by atoms with Gasteiger partial charge in [-0.25, -0.2) is 4.79 Å². The summed E-state index contributed by atoms with van der Waals surface area (Å²) in [5, 5.41) is 9.30. The summed E-state index contributed by atoms with van der Waals surface area (Å²) in [6.45, 7) is 0. The number of carbonyl (C=O) groups excluding carboxylic acids is 4. The first-order valence-corrected chi connectivity index (χ1v) is 8.44. The van der Waals surface area contributed by atoms with Gasteiger partial charge in [0.25, 0.3) is 17.7 Å². The van der Waals surface area contributed by atoms with E-state index in [-0.39, 0.29) is 28.3 Å². The number of hydrogen-bond acceptors (Lipinski definition) is 7. The Kier molecular flexibility index (Phi) is 3.36. The van der Waals surface area contributed by atoms with Gasteiger partial charge in [-0.15, -0.1) is 11.8 Å². The van der Waals surface area contributed by atoms with Gasteiger partial charge in [0.2, 0.25) is 0 Å². The molecular formula is C16H12N2O6S. The Labute approximate surface area is 146 Å². The Hall–Kier alpha value is -2.81. The van der Waals surface area contributed by atoms with Crippen molar-refractivity contribution in [3.05, 3.63) is 46.8 Å². The number of ether oxygens (including phenoxy) is 1. The number of benzene rings is 1. The SMILES string of the molecule is COC(=O)C1=C(O)CS[C@@H]2C(N3C(=O)c4ccccc4C3=O)C(=O)N12. The van der Waals surface area contributed by atoms with Crippen LogP contribution in [0.2, 0.25) is 0 Å². The molecule has 1 aromatic carbocycles. The topological polar surface area (TPSA) is 104 Å². The van der Waals surface area contributed by atoms with Gasteiger partial charge in [-0.3, -0.25) is 24.2 Å². The molecule has 2 atom stereocenters. The van der Waals surface area contributed by atoms with Crippen molar-refractivity contribution in [1.29, 1.82) is 0 Å². The summed E-state index contributed by atoms with van der Waals surface area (Å²) < 4.78 is 4.61. The molecule has 8 nitrogen and oxygen atoms in total. The fourth-order valence-electron chi connectivity index (χ4n) is 3.24. The van der Waals surface area contributed by atoms with Gasteiger partial charge < -0.3 is 9.84 Å². The molecule has 0 radical (unpaired) electrons. The largest absolute Gasteiger partial charge is 0.509 e. The van der Waals surface area contributed by atoms with E-state index in [4.69, 9.17) is 0 Å². The van der Waals surface area contributed by atoms with Crippen LogP contribution in [-0.2, 0) is 14.3 Å². The van der Waals surface area contributed by atoms with Gasteiger partial charge in [0.1, 0.15) is 17.2 Å². The molecule has 0 aromatic heterocycles. The third-order valence-corrected chi connectivity index (χ3v) is 5.65. The summed E-state index contributed by atoms with van der Waals surface area (Å²) in [6, 6.07) is 5.36. The van der Waals surface area contributed by atoms with Crippen LogP contribution in [0, 0.1) is 0 Å². The van der Waals surface area contributed by atoms with Crippen molar-refractivity contribution in [2.75, 3.05) is 12.9 Å². The van der Waals surface area contributed by atoms with Crippen LogP contribution in [0.4, 0.5) is 0 Å². The van der Waals surface area contributed by atoms with Gasteiger partial charge >= 0.3 is 5.97 Å². The minimum Gasteiger partial charge on any atom is -0.509 e. The zero-order chi connectivity index (χ0) is 17.9. The molecule has 3 amide bonds. The van der Waals surface area contributed by atoms with Gasteiger partial charge in [0.15, 0.2) is 5.70 Å². The second-order valence-corrected chi connectivity index (χ2v) is 6.77. The Morgan fingerprint density at radius 3 is 2.32 bits per heavy atom. The van der Waals surface area contributed by atoms with Crippen molar-refractivity contribution < 1.29 is 29.0 Å². The van der Waals surface area contributed by atoms with Crippen molar-refractivity contribution in [3.63, 3.8) is 0 Å². The molecule has 9 heteroatoms. The fourth-order valence-corrected chi connectivity index (χ4v) is 4.48. The van der Waals surface area contributed by atoms with Gasteiger partial charge in [-0.2, -0.15) is 0 Å². The molecule has 1 N–H and O–H groups in total. The molecule has 1 aromatic rings. The lowest BCUT2D eigenvalue weighted by atomic mass is 10.0. The lowest BCUT2D eigenvalue weighted by molar-refractivity contribution is -0.153. The van der Waals surface area contributed by atoms with Crippen molar-refractivity contribution in [3.8, 4) is 0 Å². The van der Waals surface area contributed by atoms with E-state index in [0.29, 0.717) is 0 Å². The number of aliphatic hydroxyl groups is 1. The molecule has 0 aliphatic carbocycles. The van der Waals surface area contributed by atoms with Crippen LogP contribution in [0.3, 0.4) is 0 Å². The molecule has 0 spiro atoms. The van der Waals surface area contributed by atoms with E-state index in [0.717, 1.165) is 16.9 Å². The van der Waals surface area contributed by atoms with E-state index in [2.05, 4.69) is 4.74 Å². The van der Waals surface area contributed by atoms with Crippen LogP contribution in [-0.4, -0.2) is 62.9 Å². The van der Waals surface area contributed by atoms with Crippen molar-refractivity contribution >= 4 is 35.5 Å². The quantitative estimate of drug-likeness (QED) is 0.465. The van der Waals surface area contributed by atoms with Crippen molar-refractivity contribution in [2.45, 2.75) is 11.4 Å².